The first kappa shape index (κ1) is 17.5. The molecule has 0 saturated heterocycles. The number of methoxy groups -OCH3 is 1. The number of esters is 1. The van der Waals surface area contributed by atoms with Crippen LogP contribution in [0.25, 0.3) is 0 Å². The average Bonchev–Trinajstić information content (AvgIpc) is 2.42. The van der Waals surface area contributed by atoms with E-state index in [4.69, 9.17) is 5.73 Å². The molecule has 1 aromatic rings. The summed E-state index contributed by atoms with van der Waals surface area (Å²) in [7, 11) is -0.886. The van der Waals surface area contributed by atoms with Crippen molar-refractivity contribution in [3.8, 4) is 0 Å². The van der Waals surface area contributed by atoms with Crippen molar-refractivity contribution in [1.82, 2.24) is 4.31 Å². The fraction of sp³-hybridized carbons (Fsp3) is 0.500. The van der Waals surface area contributed by atoms with E-state index in [1.54, 1.807) is 19.1 Å². The number of rotatable bonds is 6. The molecule has 1 rings (SSSR count). The molecular formula is C14H22N2O4S. The summed E-state index contributed by atoms with van der Waals surface area (Å²) in [4.78, 5) is 11.2. The summed E-state index contributed by atoms with van der Waals surface area (Å²) in [5, 5.41) is 0. The number of anilines is 1. The van der Waals surface area contributed by atoms with Gasteiger partial charge in [-0.15, -0.1) is 0 Å². The van der Waals surface area contributed by atoms with Crippen LogP contribution in [0, 0.1) is 13.8 Å². The number of aryl methyl sites for hydroxylation is 1. The second-order valence-electron chi connectivity index (χ2n) is 4.93. The molecule has 0 bridgehead atoms. The van der Waals surface area contributed by atoms with Gasteiger partial charge in [0.2, 0.25) is 10.0 Å². The molecule has 0 heterocycles. The fourth-order valence-electron chi connectivity index (χ4n) is 1.98. The van der Waals surface area contributed by atoms with Crippen LogP contribution in [0.5, 0.6) is 0 Å². The highest BCUT2D eigenvalue weighted by Gasteiger charge is 2.25. The molecule has 6 nitrogen and oxygen atoms in total. The highest BCUT2D eigenvalue weighted by atomic mass is 32.2. The summed E-state index contributed by atoms with van der Waals surface area (Å²) >= 11 is 0. The summed E-state index contributed by atoms with van der Waals surface area (Å²) in [5.74, 6) is -0.355. The topological polar surface area (TPSA) is 89.7 Å². The molecule has 0 spiro atoms. The minimum Gasteiger partial charge on any atom is -0.469 e. The zero-order chi connectivity index (χ0) is 16.2. The van der Waals surface area contributed by atoms with Gasteiger partial charge in [0, 0.05) is 20.0 Å². The number of benzene rings is 1. The average molecular weight is 314 g/mol. The number of sulfonamides is 1. The summed E-state index contributed by atoms with van der Waals surface area (Å²) in [5.41, 5.74) is 7.58. The van der Waals surface area contributed by atoms with Gasteiger partial charge in [0.25, 0.3) is 0 Å². The van der Waals surface area contributed by atoms with E-state index in [-0.39, 0.29) is 29.5 Å². The van der Waals surface area contributed by atoms with Crippen LogP contribution in [0.15, 0.2) is 17.0 Å². The lowest BCUT2D eigenvalue weighted by atomic mass is 10.1. The molecule has 7 heteroatoms. The van der Waals surface area contributed by atoms with Crippen molar-refractivity contribution >= 4 is 21.7 Å². The standard InChI is InChI=1S/C14H22N2O4S/c1-10-7-8-12(15)14(11(10)2)21(18,19)16(3)9-5-6-13(17)20-4/h7-8H,5-6,9,15H2,1-4H3. The van der Waals surface area contributed by atoms with Crippen molar-refractivity contribution in [2.45, 2.75) is 31.6 Å². The maximum atomic E-state index is 12.6. The van der Waals surface area contributed by atoms with Gasteiger partial charge >= 0.3 is 5.97 Å². The Morgan fingerprint density at radius 1 is 1.33 bits per heavy atom. The molecule has 0 saturated carbocycles. The lowest BCUT2D eigenvalue weighted by Crippen LogP contribution is -2.29. The van der Waals surface area contributed by atoms with Gasteiger partial charge in [-0.05, 0) is 37.5 Å². The zero-order valence-corrected chi connectivity index (χ0v) is 13.7. The third-order valence-corrected chi connectivity index (χ3v) is 5.52. The van der Waals surface area contributed by atoms with E-state index < -0.39 is 10.0 Å². The van der Waals surface area contributed by atoms with Crippen molar-refractivity contribution in [2.75, 3.05) is 26.4 Å². The van der Waals surface area contributed by atoms with Crippen LogP contribution in [-0.2, 0) is 19.6 Å². The molecule has 0 radical (unpaired) electrons. The van der Waals surface area contributed by atoms with Crippen molar-refractivity contribution < 1.29 is 17.9 Å². The molecule has 21 heavy (non-hydrogen) atoms. The lowest BCUT2D eigenvalue weighted by molar-refractivity contribution is -0.140. The highest BCUT2D eigenvalue weighted by Crippen LogP contribution is 2.27. The zero-order valence-electron chi connectivity index (χ0n) is 12.8. The second-order valence-corrected chi connectivity index (χ2v) is 6.91. The first-order valence-electron chi connectivity index (χ1n) is 6.60. The normalized spacial score (nSPS) is 11.7. The predicted molar refractivity (Wildman–Crippen MR) is 81.4 cm³/mol. The van der Waals surface area contributed by atoms with Gasteiger partial charge in [-0.3, -0.25) is 4.79 Å². The van der Waals surface area contributed by atoms with E-state index in [0.717, 1.165) is 5.56 Å². The van der Waals surface area contributed by atoms with Crippen LogP contribution in [0.4, 0.5) is 5.69 Å². The summed E-state index contributed by atoms with van der Waals surface area (Å²) in [6, 6.07) is 3.39. The Morgan fingerprint density at radius 2 is 1.95 bits per heavy atom. The van der Waals surface area contributed by atoms with Crippen LogP contribution in [0.3, 0.4) is 0 Å². The molecule has 118 valence electrons. The van der Waals surface area contributed by atoms with Gasteiger partial charge in [0.1, 0.15) is 4.90 Å². The summed E-state index contributed by atoms with van der Waals surface area (Å²) in [6.07, 6.45) is 0.575. The molecule has 0 unspecified atom stereocenters. The van der Waals surface area contributed by atoms with E-state index in [0.29, 0.717) is 12.0 Å². The van der Waals surface area contributed by atoms with Gasteiger partial charge < -0.3 is 10.5 Å². The van der Waals surface area contributed by atoms with Crippen LogP contribution in [0.2, 0.25) is 0 Å². The van der Waals surface area contributed by atoms with E-state index >= 15 is 0 Å². The molecule has 0 aliphatic rings. The SMILES string of the molecule is COC(=O)CCCN(C)S(=O)(=O)c1c(N)ccc(C)c1C. The van der Waals surface area contributed by atoms with Gasteiger partial charge in [-0.25, -0.2) is 12.7 Å². The Morgan fingerprint density at radius 3 is 2.52 bits per heavy atom. The molecule has 0 fully saturated rings. The Kier molecular flexibility index (Phi) is 5.74. The number of carbonyl (C=O) groups excluding carboxylic acids is 1. The van der Waals surface area contributed by atoms with Crippen molar-refractivity contribution in [3.63, 3.8) is 0 Å². The van der Waals surface area contributed by atoms with Gasteiger partial charge in [0.05, 0.1) is 12.8 Å². The molecular weight excluding hydrogens is 292 g/mol. The number of nitrogens with two attached hydrogens (primary N) is 1. The van der Waals surface area contributed by atoms with Gasteiger partial charge in [-0.1, -0.05) is 6.07 Å². The first-order valence-corrected chi connectivity index (χ1v) is 8.04. The van der Waals surface area contributed by atoms with Crippen molar-refractivity contribution in [3.05, 3.63) is 23.3 Å². The molecule has 0 atom stereocenters. The third kappa shape index (κ3) is 3.95. The quantitative estimate of drug-likeness (QED) is 0.634. The smallest absolute Gasteiger partial charge is 0.305 e. The van der Waals surface area contributed by atoms with Crippen LogP contribution >= 0.6 is 0 Å². The van der Waals surface area contributed by atoms with Crippen LogP contribution < -0.4 is 5.73 Å². The Hall–Kier alpha value is -1.60. The van der Waals surface area contributed by atoms with Crippen LogP contribution in [-0.4, -0.2) is 39.4 Å². The summed E-state index contributed by atoms with van der Waals surface area (Å²) in [6.45, 7) is 3.80. The Labute approximate surface area is 125 Å². The number of nitrogen functional groups attached to an aromatic ring is 1. The lowest BCUT2D eigenvalue weighted by Gasteiger charge is -2.20. The Bertz CT molecular complexity index is 626. The van der Waals surface area contributed by atoms with Crippen molar-refractivity contribution in [2.24, 2.45) is 0 Å². The second kappa shape index (κ2) is 6.91. The number of hydrogen-bond donors (Lipinski definition) is 1. The van der Waals surface area contributed by atoms with E-state index in [1.165, 1.54) is 18.5 Å². The minimum absolute atomic E-state index is 0.142. The maximum Gasteiger partial charge on any atom is 0.305 e. The van der Waals surface area contributed by atoms with E-state index in [1.807, 2.05) is 6.92 Å². The number of nitrogens with zero attached hydrogens (tertiary/aromatic N) is 1. The number of ether oxygens (including phenoxy) is 1. The first-order chi connectivity index (χ1) is 9.71. The van der Waals surface area contributed by atoms with E-state index in [9.17, 15) is 13.2 Å². The molecule has 0 aliphatic carbocycles. The molecule has 2 N–H and O–H groups in total. The number of hydrogen-bond acceptors (Lipinski definition) is 5. The fourth-order valence-corrected chi connectivity index (χ4v) is 3.57. The van der Waals surface area contributed by atoms with Crippen LogP contribution in [0.1, 0.15) is 24.0 Å². The molecule has 1 aromatic carbocycles. The Balaban J connectivity index is 2.96. The van der Waals surface area contributed by atoms with Gasteiger partial charge in [-0.2, -0.15) is 0 Å². The summed E-state index contributed by atoms with van der Waals surface area (Å²) < 4.78 is 30.9. The number of carbonyl (C=O) groups is 1. The molecule has 0 aromatic heterocycles. The largest absolute Gasteiger partial charge is 0.469 e. The maximum absolute atomic E-state index is 12.6. The van der Waals surface area contributed by atoms with Crippen molar-refractivity contribution in [1.29, 1.82) is 0 Å². The minimum atomic E-state index is -3.67. The monoisotopic (exact) mass is 314 g/mol. The molecule has 0 amide bonds. The molecule has 0 aliphatic heterocycles. The predicted octanol–water partition coefficient (Wildman–Crippen LogP) is 1.46. The highest BCUT2D eigenvalue weighted by molar-refractivity contribution is 7.89. The van der Waals surface area contributed by atoms with Gasteiger partial charge in [0.15, 0.2) is 0 Å². The van der Waals surface area contributed by atoms with E-state index in [2.05, 4.69) is 4.74 Å². The third-order valence-electron chi connectivity index (χ3n) is 3.46.